The van der Waals surface area contributed by atoms with Crippen LogP contribution in [0.15, 0.2) is 24.3 Å². The number of fused-ring (bicyclic) bond motifs is 3. The summed E-state index contributed by atoms with van der Waals surface area (Å²) in [6.07, 6.45) is 4.28. The van der Waals surface area contributed by atoms with Crippen LogP contribution in [0.1, 0.15) is 63.0 Å². The van der Waals surface area contributed by atoms with Crippen molar-refractivity contribution in [2.45, 2.75) is 70.6 Å². The van der Waals surface area contributed by atoms with Crippen molar-refractivity contribution in [3.05, 3.63) is 30.0 Å². The number of carbonyl (C=O) groups is 1. The van der Waals surface area contributed by atoms with Crippen LogP contribution in [-0.2, 0) is 4.74 Å². The van der Waals surface area contributed by atoms with E-state index in [1.807, 2.05) is 42.8 Å². The maximum Gasteiger partial charge on any atom is 0.272 e. The van der Waals surface area contributed by atoms with Gasteiger partial charge in [0.1, 0.15) is 6.04 Å². The van der Waals surface area contributed by atoms with Gasteiger partial charge in [-0.3, -0.25) is 9.69 Å². The summed E-state index contributed by atoms with van der Waals surface area (Å²) in [6, 6.07) is 8.76. The second kappa shape index (κ2) is 9.20. The van der Waals surface area contributed by atoms with Crippen molar-refractivity contribution < 1.29 is 9.53 Å². The molecular formula is C24H32N4O2. The van der Waals surface area contributed by atoms with E-state index in [1.54, 1.807) is 0 Å². The number of morpholine rings is 1. The number of para-hydroxylation sites is 1. The number of carbonyl (C=O) groups excluding carboxylic acids is 1. The van der Waals surface area contributed by atoms with Crippen LogP contribution in [0.2, 0.25) is 0 Å². The van der Waals surface area contributed by atoms with Crippen molar-refractivity contribution in [3.63, 3.8) is 0 Å². The predicted molar refractivity (Wildman–Crippen MR) is 118 cm³/mol. The van der Waals surface area contributed by atoms with Gasteiger partial charge in [-0.25, -0.2) is 4.68 Å². The maximum atomic E-state index is 13.2. The highest BCUT2D eigenvalue weighted by Gasteiger charge is 2.39. The summed E-state index contributed by atoms with van der Waals surface area (Å²) < 4.78 is 7.67. The minimum atomic E-state index is -0.0902. The van der Waals surface area contributed by atoms with Gasteiger partial charge in [-0.15, -0.1) is 5.92 Å². The van der Waals surface area contributed by atoms with Crippen LogP contribution in [-0.4, -0.2) is 58.5 Å². The first-order valence-corrected chi connectivity index (χ1v) is 11.2. The SMILES string of the molecule is CC#CC(C)n1nc(C(=O)N[C@H]2C[C@H]3COC[C@@H](C2)N3CCCC)c2ccccc21. The van der Waals surface area contributed by atoms with Gasteiger partial charge in [0, 0.05) is 23.5 Å². The van der Waals surface area contributed by atoms with Crippen molar-refractivity contribution in [1.29, 1.82) is 0 Å². The number of hydrogen-bond donors (Lipinski definition) is 1. The van der Waals surface area contributed by atoms with Crippen LogP contribution >= 0.6 is 0 Å². The van der Waals surface area contributed by atoms with Crippen LogP contribution < -0.4 is 5.32 Å². The van der Waals surface area contributed by atoms with E-state index in [0.717, 1.165) is 43.5 Å². The third-order valence-corrected chi connectivity index (χ3v) is 6.33. The highest BCUT2D eigenvalue weighted by Crippen LogP contribution is 2.29. The minimum Gasteiger partial charge on any atom is -0.378 e. The summed E-state index contributed by atoms with van der Waals surface area (Å²) in [6.45, 7) is 8.71. The Labute approximate surface area is 178 Å². The van der Waals surface area contributed by atoms with E-state index in [4.69, 9.17) is 4.74 Å². The summed E-state index contributed by atoms with van der Waals surface area (Å²) >= 11 is 0. The molecule has 2 aliphatic heterocycles. The van der Waals surface area contributed by atoms with Crippen molar-refractivity contribution in [3.8, 4) is 11.8 Å². The molecule has 3 heterocycles. The molecule has 2 fully saturated rings. The number of piperidine rings is 1. The monoisotopic (exact) mass is 408 g/mol. The summed E-state index contributed by atoms with van der Waals surface area (Å²) in [5, 5.41) is 8.83. The summed E-state index contributed by atoms with van der Waals surface area (Å²) in [5.41, 5.74) is 1.43. The first-order valence-electron chi connectivity index (χ1n) is 11.2. The standard InChI is InChI=1S/C24H32N4O2/c1-4-6-12-27-19-13-18(14-20(27)16-30-15-19)25-24(29)23-21-10-7-8-11-22(21)28(26-23)17(3)9-5-2/h7-8,10-11,17-20H,4,6,12-16H2,1-3H3,(H,25,29)/t17?,18-,19-,20+. The number of hydrogen-bond acceptors (Lipinski definition) is 4. The molecule has 1 unspecified atom stereocenters. The Bertz CT molecular complexity index is 943. The van der Waals surface area contributed by atoms with E-state index < -0.39 is 0 Å². The van der Waals surface area contributed by atoms with Crippen LogP contribution in [0.5, 0.6) is 0 Å². The zero-order valence-corrected chi connectivity index (χ0v) is 18.2. The molecular weight excluding hydrogens is 376 g/mol. The van der Waals surface area contributed by atoms with Crippen LogP contribution in [0.3, 0.4) is 0 Å². The zero-order valence-electron chi connectivity index (χ0n) is 18.2. The molecule has 1 N–H and O–H groups in total. The molecule has 1 aromatic heterocycles. The summed E-state index contributed by atoms with van der Waals surface area (Å²) in [7, 11) is 0. The van der Waals surface area contributed by atoms with E-state index in [1.165, 1.54) is 12.8 Å². The van der Waals surface area contributed by atoms with Crippen LogP contribution in [0.4, 0.5) is 0 Å². The van der Waals surface area contributed by atoms with Crippen LogP contribution in [0.25, 0.3) is 10.9 Å². The van der Waals surface area contributed by atoms with Gasteiger partial charge in [0.15, 0.2) is 5.69 Å². The lowest BCUT2D eigenvalue weighted by Crippen LogP contribution is -2.60. The highest BCUT2D eigenvalue weighted by atomic mass is 16.5. The molecule has 0 aliphatic carbocycles. The molecule has 2 saturated heterocycles. The fraction of sp³-hybridized carbons (Fsp3) is 0.583. The number of rotatable bonds is 6. The van der Waals surface area contributed by atoms with Crippen molar-refractivity contribution in [2.24, 2.45) is 0 Å². The lowest BCUT2D eigenvalue weighted by atomic mass is 9.89. The van der Waals surface area contributed by atoms with Gasteiger partial charge in [-0.05, 0) is 45.7 Å². The van der Waals surface area contributed by atoms with Crippen LogP contribution in [0, 0.1) is 11.8 Å². The third-order valence-electron chi connectivity index (χ3n) is 6.33. The zero-order chi connectivity index (χ0) is 21.1. The fourth-order valence-corrected chi connectivity index (χ4v) is 4.89. The van der Waals surface area contributed by atoms with Gasteiger partial charge in [0.25, 0.3) is 5.91 Å². The van der Waals surface area contributed by atoms with E-state index in [9.17, 15) is 4.79 Å². The number of unbranched alkanes of at least 4 members (excludes halogenated alkanes) is 1. The van der Waals surface area contributed by atoms with E-state index in [-0.39, 0.29) is 18.0 Å². The van der Waals surface area contributed by atoms with E-state index in [0.29, 0.717) is 17.8 Å². The quantitative estimate of drug-likeness (QED) is 0.745. The van der Waals surface area contributed by atoms with Crippen molar-refractivity contribution in [1.82, 2.24) is 20.0 Å². The number of nitrogens with one attached hydrogen (secondary N) is 1. The Morgan fingerprint density at radius 1 is 1.30 bits per heavy atom. The van der Waals surface area contributed by atoms with Gasteiger partial charge in [-0.2, -0.15) is 5.10 Å². The Kier molecular flexibility index (Phi) is 6.40. The molecule has 6 nitrogen and oxygen atoms in total. The molecule has 30 heavy (non-hydrogen) atoms. The molecule has 2 aromatic rings. The largest absolute Gasteiger partial charge is 0.378 e. The smallest absolute Gasteiger partial charge is 0.272 e. The number of ether oxygens (including phenoxy) is 1. The summed E-state index contributed by atoms with van der Waals surface area (Å²) in [5.74, 6) is 5.99. The second-order valence-corrected chi connectivity index (χ2v) is 8.46. The summed E-state index contributed by atoms with van der Waals surface area (Å²) in [4.78, 5) is 15.8. The molecule has 2 aliphatic rings. The lowest BCUT2D eigenvalue weighted by molar-refractivity contribution is -0.0802. The Morgan fingerprint density at radius 2 is 2.03 bits per heavy atom. The average molecular weight is 409 g/mol. The van der Waals surface area contributed by atoms with Crippen molar-refractivity contribution >= 4 is 16.8 Å². The Balaban J connectivity index is 1.52. The Hall–Kier alpha value is -2.36. The van der Waals surface area contributed by atoms with Gasteiger partial charge in [-0.1, -0.05) is 37.5 Å². The van der Waals surface area contributed by atoms with Gasteiger partial charge >= 0.3 is 0 Å². The topological polar surface area (TPSA) is 59.4 Å². The first kappa shape index (κ1) is 20.9. The number of amides is 1. The fourth-order valence-electron chi connectivity index (χ4n) is 4.89. The maximum absolute atomic E-state index is 13.2. The molecule has 160 valence electrons. The van der Waals surface area contributed by atoms with E-state index in [2.05, 4.69) is 34.1 Å². The molecule has 0 saturated carbocycles. The average Bonchev–Trinajstić information content (AvgIpc) is 3.12. The molecule has 1 aromatic carbocycles. The molecule has 2 bridgehead atoms. The molecule has 0 radical (unpaired) electrons. The van der Waals surface area contributed by atoms with Crippen molar-refractivity contribution in [2.75, 3.05) is 19.8 Å². The molecule has 4 atom stereocenters. The molecule has 4 rings (SSSR count). The molecule has 0 spiro atoms. The first-order chi connectivity index (χ1) is 14.6. The number of nitrogens with zero attached hydrogens (tertiary/aromatic N) is 3. The predicted octanol–water partition coefficient (Wildman–Crippen LogP) is 3.38. The van der Waals surface area contributed by atoms with Gasteiger partial charge in [0.2, 0.25) is 0 Å². The lowest BCUT2D eigenvalue weighted by Gasteiger charge is -2.48. The van der Waals surface area contributed by atoms with E-state index >= 15 is 0 Å². The molecule has 6 heteroatoms. The third kappa shape index (κ3) is 4.10. The minimum absolute atomic E-state index is 0.0836. The molecule has 1 amide bonds. The Morgan fingerprint density at radius 3 is 2.73 bits per heavy atom. The normalized spacial score (nSPS) is 24.8. The van der Waals surface area contributed by atoms with Gasteiger partial charge < -0.3 is 10.1 Å². The highest BCUT2D eigenvalue weighted by molar-refractivity contribution is 6.05. The number of benzene rings is 1. The second-order valence-electron chi connectivity index (χ2n) is 8.46. The van der Waals surface area contributed by atoms with Gasteiger partial charge in [0.05, 0.1) is 18.7 Å². The number of aromatic nitrogens is 2.